The van der Waals surface area contributed by atoms with Crippen molar-refractivity contribution in [3.8, 4) is 0 Å². The van der Waals surface area contributed by atoms with Crippen LogP contribution in [0.4, 0.5) is 0 Å². The van der Waals surface area contributed by atoms with Crippen molar-refractivity contribution in [3.05, 3.63) is 71.3 Å². The van der Waals surface area contributed by atoms with Gasteiger partial charge < -0.3 is 15.3 Å². The van der Waals surface area contributed by atoms with Gasteiger partial charge in [-0.05, 0) is 31.9 Å². The van der Waals surface area contributed by atoms with Gasteiger partial charge in [-0.15, -0.1) is 0 Å². The number of carbonyl (C=O) groups is 1. The Balaban J connectivity index is 2.26. The maximum absolute atomic E-state index is 11.0. The third-order valence-electron chi connectivity index (χ3n) is 3.99. The first kappa shape index (κ1) is 17.4. The fourth-order valence-electron chi connectivity index (χ4n) is 2.61. The van der Waals surface area contributed by atoms with E-state index in [2.05, 4.69) is 43.3 Å². The van der Waals surface area contributed by atoms with E-state index >= 15 is 0 Å². The number of carbonyl (C=O) groups excluding carboxylic acids is 1. The smallest absolute Gasteiger partial charge is 0.141 e. The number of rotatable bonds is 7. The Labute approximate surface area is 138 Å². The highest BCUT2D eigenvalue weighted by atomic mass is 16.5. The summed E-state index contributed by atoms with van der Waals surface area (Å²) >= 11 is 0. The molecule has 0 aliphatic heterocycles. The highest BCUT2D eigenvalue weighted by Crippen LogP contribution is 2.30. The van der Waals surface area contributed by atoms with E-state index in [1.807, 2.05) is 25.1 Å². The van der Waals surface area contributed by atoms with Crippen LogP contribution in [0.15, 0.2) is 54.6 Å². The summed E-state index contributed by atoms with van der Waals surface area (Å²) in [5, 5.41) is 0. The summed E-state index contributed by atoms with van der Waals surface area (Å²) in [5.41, 5.74) is 8.52. The molecule has 0 spiro atoms. The first-order chi connectivity index (χ1) is 10.9. The van der Waals surface area contributed by atoms with Crippen LogP contribution in [0.3, 0.4) is 0 Å². The molecule has 2 aromatic carbocycles. The predicted octanol–water partition coefficient (Wildman–Crippen LogP) is 3.45. The first-order valence-corrected chi connectivity index (χ1v) is 7.91. The van der Waals surface area contributed by atoms with Crippen LogP contribution >= 0.6 is 0 Å². The van der Waals surface area contributed by atoms with Gasteiger partial charge in [0.25, 0.3) is 0 Å². The molecule has 0 saturated carbocycles. The summed E-state index contributed by atoms with van der Waals surface area (Å²) in [7, 11) is 0. The highest BCUT2D eigenvalue weighted by Gasteiger charge is 2.25. The Kier molecular flexibility index (Phi) is 5.69. The molecule has 0 heterocycles. The average molecular weight is 311 g/mol. The van der Waals surface area contributed by atoms with Gasteiger partial charge in [0.2, 0.25) is 0 Å². The van der Waals surface area contributed by atoms with Crippen LogP contribution in [-0.2, 0) is 9.53 Å². The van der Waals surface area contributed by atoms with Gasteiger partial charge in [0.05, 0.1) is 18.2 Å². The van der Waals surface area contributed by atoms with E-state index in [0.29, 0.717) is 0 Å². The molecule has 2 N–H and O–H groups in total. The number of nitrogens with two attached hydrogens (primary N) is 1. The zero-order chi connectivity index (χ0) is 16.9. The maximum Gasteiger partial charge on any atom is 0.141 e. The molecule has 0 amide bonds. The Hall–Kier alpha value is -1.97. The molecule has 0 aliphatic carbocycles. The molecule has 0 radical (unpaired) electrons. The fourth-order valence-corrected chi connectivity index (χ4v) is 2.61. The van der Waals surface area contributed by atoms with Crippen LogP contribution in [0.1, 0.15) is 36.5 Å². The second kappa shape index (κ2) is 7.53. The van der Waals surface area contributed by atoms with Crippen LogP contribution in [0.5, 0.6) is 0 Å². The molecule has 0 aromatic heterocycles. The number of aryl methyl sites for hydroxylation is 1. The SMILES string of the molecule is Cc1ccc([C@H](c2ccccc2)[C@H](C)OC[C@@](C)(N)C=O)cc1. The Morgan fingerprint density at radius 2 is 1.65 bits per heavy atom. The van der Waals surface area contributed by atoms with Crippen molar-refractivity contribution in [2.24, 2.45) is 5.73 Å². The quantitative estimate of drug-likeness (QED) is 0.797. The van der Waals surface area contributed by atoms with Gasteiger partial charge in [0, 0.05) is 5.92 Å². The molecule has 0 unspecified atom stereocenters. The van der Waals surface area contributed by atoms with Crippen molar-refractivity contribution in [3.63, 3.8) is 0 Å². The number of hydrogen-bond acceptors (Lipinski definition) is 3. The molecule has 23 heavy (non-hydrogen) atoms. The standard InChI is InChI=1S/C20H25NO2/c1-15-9-11-18(12-10-15)19(17-7-5-4-6-8-17)16(2)23-14-20(3,21)13-22/h4-13,16,19H,14,21H2,1-3H3/t16-,19-,20-/m0/s1. The molecule has 2 aromatic rings. The van der Waals surface area contributed by atoms with Crippen molar-refractivity contribution in [2.75, 3.05) is 6.61 Å². The summed E-state index contributed by atoms with van der Waals surface area (Å²) in [4.78, 5) is 11.0. The zero-order valence-corrected chi connectivity index (χ0v) is 14.0. The van der Waals surface area contributed by atoms with Crippen LogP contribution in [0, 0.1) is 6.92 Å². The molecule has 0 fully saturated rings. The van der Waals surface area contributed by atoms with Crippen molar-refractivity contribution in [1.82, 2.24) is 0 Å². The first-order valence-electron chi connectivity index (χ1n) is 7.91. The summed E-state index contributed by atoms with van der Waals surface area (Å²) in [6.07, 6.45) is 0.645. The monoisotopic (exact) mass is 311 g/mol. The van der Waals surface area contributed by atoms with Gasteiger partial charge in [-0.2, -0.15) is 0 Å². The van der Waals surface area contributed by atoms with E-state index in [9.17, 15) is 4.79 Å². The Morgan fingerprint density at radius 1 is 1.09 bits per heavy atom. The number of benzene rings is 2. The van der Waals surface area contributed by atoms with Gasteiger partial charge in [0.15, 0.2) is 0 Å². The lowest BCUT2D eigenvalue weighted by Crippen LogP contribution is -2.44. The minimum atomic E-state index is -0.956. The second-order valence-corrected chi connectivity index (χ2v) is 6.44. The maximum atomic E-state index is 11.0. The molecule has 3 atom stereocenters. The fraction of sp³-hybridized carbons (Fsp3) is 0.350. The lowest BCUT2D eigenvalue weighted by molar-refractivity contribution is -0.114. The average Bonchev–Trinajstić information content (AvgIpc) is 2.56. The van der Waals surface area contributed by atoms with Crippen LogP contribution in [0.2, 0.25) is 0 Å². The molecule has 0 saturated heterocycles. The van der Waals surface area contributed by atoms with Crippen LogP contribution in [-0.4, -0.2) is 24.5 Å². The topological polar surface area (TPSA) is 52.3 Å². The van der Waals surface area contributed by atoms with E-state index < -0.39 is 5.54 Å². The van der Waals surface area contributed by atoms with E-state index in [-0.39, 0.29) is 18.6 Å². The summed E-state index contributed by atoms with van der Waals surface area (Å²) in [6, 6.07) is 18.8. The number of ether oxygens (including phenoxy) is 1. The second-order valence-electron chi connectivity index (χ2n) is 6.44. The molecule has 0 aliphatic rings. The number of aldehydes is 1. The minimum absolute atomic E-state index is 0.0945. The van der Waals surface area contributed by atoms with Gasteiger partial charge >= 0.3 is 0 Å². The van der Waals surface area contributed by atoms with E-state index in [1.165, 1.54) is 16.7 Å². The van der Waals surface area contributed by atoms with Gasteiger partial charge in [0.1, 0.15) is 6.29 Å². The Morgan fingerprint density at radius 3 is 2.22 bits per heavy atom. The number of hydrogen-bond donors (Lipinski definition) is 1. The van der Waals surface area contributed by atoms with Crippen molar-refractivity contribution in [2.45, 2.75) is 38.3 Å². The molecular weight excluding hydrogens is 286 g/mol. The molecule has 0 bridgehead atoms. The normalized spacial score (nSPS) is 16.3. The molecular formula is C20H25NO2. The van der Waals surface area contributed by atoms with Crippen LogP contribution < -0.4 is 5.73 Å². The lowest BCUT2D eigenvalue weighted by Gasteiger charge is -2.28. The highest BCUT2D eigenvalue weighted by molar-refractivity contribution is 5.63. The molecule has 122 valence electrons. The third-order valence-corrected chi connectivity index (χ3v) is 3.99. The lowest BCUT2D eigenvalue weighted by atomic mass is 9.86. The third kappa shape index (κ3) is 4.75. The van der Waals surface area contributed by atoms with Gasteiger partial charge in [-0.3, -0.25) is 0 Å². The van der Waals surface area contributed by atoms with E-state index in [0.717, 1.165) is 6.29 Å². The summed E-state index contributed by atoms with van der Waals surface area (Å²) in [6.45, 7) is 5.98. The van der Waals surface area contributed by atoms with Gasteiger partial charge in [-0.1, -0.05) is 60.2 Å². The summed E-state index contributed by atoms with van der Waals surface area (Å²) in [5.74, 6) is 0.0965. The minimum Gasteiger partial charge on any atom is -0.375 e. The molecule has 3 heteroatoms. The molecule has 3 nitrogen and oxygen atoms in total. The van der Waals surface area contributed by atoms with Gasteiger partial charge in [-0.25, -0.2) is 0 Å². The largest absolute Gasteiger partial charge is 0.375 e. The molecule has 2 rings (SSSR count). The predicted molar refractivity (Wildman–Crippen MR) is 93.5 cm³/mol. The van der Waals surface area contributed by atoms with Crippen molar-refractivity contribution >= 4 is 6.29 Å². The van der Waals surface area contributed by atoms with E-state index in [1.54, 1.807) is 6.92 Å². The van der Waals surface area contributed by atoms with Crippen molar-refractivity contribution < 1.29 is 9.53 Å². The van der Waals surface area contributed by atoms with Crippen molar-refractivity contribution in [1.29, 1.82) is 0 Å². The Bertz CT molecular complexity index is 620. The van der Waals surface area contributed by atoms with Crippen LogP contribution in [0.25, 0.3) is 0 Å². The summed E-state index contributed by atoms with van der Waals surface area (Å²) < 4.78 is 5.94. The zero-order valence-electron chi connectivity index (χ0n) is 14.0. The van der Waals surface area contributed by atoms with E-state index in [4.69, 9.17) is 10.5 Å².